The van der Waals surface area contributed by atoms with Crippen molar-refractivity contribution in [3.8, 4) is 0 Å². The number of ether oxygens (including phenoxy) is 1. The summed E-state index contributed by atoms with van der Waals surface area (Å²) in [5.74, 6) is 1.65. The van der Waals surface area contributed by atoms with Crippen molar-refractivity contribution in [3.05, 3.63) is 0 Å². The van der Waals surface area contributed by atoms with Gasteiger partial charge < -0.3 is 20.9 Å². The zero-order valence-corrected chi connectivity index (χ0v) is 11.6. The zero-order chi connectivity index (χ0) is 13.4. The fourth-order valence-corrected chi connectivity index (χ4v) is 1.70. The molecule has 0 saturated heterocycles. The summed E-state index contributed by atoms with van der Waals surface area (Å²) in [5.41, 5.74) is 5.71. The van der Waals surface area contributed by atoms with Gasteiger partial charge in [0, 0.05) is 13.2 Å². The number of nitrogens with one attached hydrogen (secondary N) is 1. The van der Waals surface area contributed by atoms with Gasteiger partial charge in [0.1, 0.15) is 0 Å². The van der Waals surface area contributed by atoms with E-state index >= 15 is 0 Å². The fourth-order valence-electron chi connectivity index (χ4n) is 1.70. The number of aliphatic imine (C=N–C) groups is 1. The molecule has 0 aromatic heterocycles. The Kier molecular flexibility index (Phi) is 7.05. The molecule has 1 aliphatic carbocycles. The van der Waals surface area contributed by atoms with Crippen molar-refractivity contribution in [1.29, 1.82) is 0 Å². The first kappa shape index (κ1) is 15.2. The predicted molar refractivity (Wildman–Crippen MR) is 73.5 cm³/mol. The van der Waals surface area contributed by atoms with E-state index in [0.29, 0.717) is 31.6 Å². The summed E-state index contributed by atoms with van der Waals surface area (Å²) in [4.78, 5) is 4.11. The third-order valence-corrected chi connectivity index (χ3v) is 3.03. The predicted octanol–water partition coefficient (Wildman–Crippen LogP) is 0.724. The number of hydrogen-bond acceptors (Lipinski definition) is 3. The van der Waals surface area contributed by atoms with Crippen molar-refractivity contribution in [1.82, 2.24) is 5.32 Å². The first-order valence-corrected chi connectivity index (χ1v) is 6.87. The van der Waals surface area contributed by atoms with Crippen LogP contribution in [0.2, 0.25) is 0 Å². The molecule has 1 aliphatic rings. The van der Waals surface area contributed by atoms with Crippen LogP contribution in [-0.2, 0) is 4.74 Å². The molecule has 0 aromatic carbocycles. The van der Waals surface area contributed by atoms with Gasteiger partial charge in [-0.25, -0.2) is 0 Å². The largest absolute Gasteiger partial charge is 0.389 e. The average Bonchev–Trinajstić information content (AvgIpc) is 2.23. The van der Waals surface area contributed by atoms with Crippen LogP contribution in [0.4, 0.5) is 0 Å². The van der Waals surface area contributed by atoms with Crippen LogP contribution in [-0.4, -0.2) is 43.5 Å². The number of rotatable bonds is 8. The Bertz CT molecular complexity index is 253. The number of nitrogens with two attached hydrogens (primary N) is 1. The smallest absolute Gasteiger partial charge is 0.188 e. The monoisotopic (exact) mass is 257 g/mol. The first-order valence-electron chi connectivity index (χ1n) is 6.87. The molecule has 1 fully saturated rings. The average molecular weight is 257 g/mol. The lowest BCUT2D eigenvalue weighted by Gasteiger charge is -2.25. The molecule has 4 N–H and O–H groups in total. The van der Waals surface area contributed by atoms with E-state index in [0.717, 1.165) is 12.5 Å². The van der Waals surface area contributed by atoms with E-state index in [1.54, 1.807) is 0 Å². The summed E-state index contributed by atoms with van der Waals surface area (Å²) >= 11 is 0. The minimum absolute atomic E-state index is 0.293. The van der Waals surface area contributed by atoms with E-state index in [9.17, 15) is 5.11 Å². The van der Waals surface area contributed by atoms with E-state index in [4.69, 9.17) is 10.5 Å². The molecule has 5 nitrogen and oxygen atoms in total. The summed E-state index contributed by atoms with van der Waals surface area (Å²) < 4.78 is 5.33. The number of hydrogen-bond donors (Lipinski definition) is 3. The molecule has 18 heavy (non-hydrogen) atoms. The standard InChI is InChI=1S/C13H27N3O2/c1-10(2)8-18-9-12(17)7-16-13(14)15-6-11-4-3-5-11/h10-12,17H,3-9H2,1-2H3,(H3,14,15,16). The van der Waals surface area contributed by atoms with Crippen LogP contribution in [0, 0.1) is 11.8 Å². The molecule has 1 atom stereocenters. The van der Waals surface area contributed by atoms with Gasteiger partial charge in [0.2, 0.25) is 0 Å². The summed E-state index contributed by atoms with van der Waals surface area (Å²) in [5, 5.41) is 12.7. The maximum atomic E-state index is 9.63. The van der Waals surface area contributed by atoms with Crippen LogP contribution in [0.5, 0.6) is 0 Å². The second kappa shape index (κ2) is 8.32. The van der Waals surface area contributed by atoms with Gasteiger partial charge in [-0.2, -0.15) is 0 Å². The molecule has 0 aromatic rings. The Morgan fingerprint density at radius 3 is 2.72 bits per heavy atom. The third kappa shape index (κ3) is 6.81. The van der Waals surface area contributed by atoms with Crippen LogP contribution in [0.1, 0.15) is 33.1 Å². The van der Waals surface area contributed by atoms with Crippen molar-refractivity contribution < 1.29 is 9.84 Å². The molecule has 5 heteroatoms. The third-order valence-electron chi connectivity index (χ3n) is 3.03. The van der Waals surface area contributed by atoms with E-state index in [1.807, 2.05) is 0 Å². The van der Waals surface area contributed by atoms with E-state index in [1.165, 1.54) is 19.3 Å². The van der Waals surface area contributed by atoms with Crippen LogP contribution >= 0.6 is 0 Å². The van der Waals surface area contributed by atoms with Gasteiger partial charge >= 0.3 is 0 Å². The molecule has 106 valence electrons. The minimum Gasteiger partial charge on any atom is -0.389 e. The van der Waals surface area contributed by atoms with Crippen LogP contribution in [0.3, 0.4) is 0 Å². The molecule has 0 radical (unpaired) electrons. The van der Waals surface area contributed by atoms with Gasteiger partial charge in [-0.05, 0) is 24.7 Å². The summed E-state index contributed by atoms with van der Waals surface area (Å²) in [7, 11) is 0. The lowest BCUT2D eigenvalue weighted by molar-refractivity contribution is 0.0301. The van der Waals surface area contributed by atoms with Gasteiger partial charge in [0.25, 0.3) is 0 Å². The molecule has 0 aliphatic heterocycles. The second-order valence-electron chi connectivity index (χ2n) is 5.49. The normalized spacial score (nSPS) is 18.8. The van der Waals surface area contributed by atoms with Gasteiger partial charge in [0.05, 0.1) is 19.3 Å². The van der Waals surface area contributed by atoms with Gasteiger partial charge in [-0.15, -0.1) is 0 Å². The number of aliphatic hydroxyl groups is 1. The van der Waals surface area contributed by atoms with Crippen LogP contribution in [0.25, 0.3) is 0 Å². The van der Waals surface area contributed by atoms with Crippen molar-refractivity contribution in [2.45, 2.75) is 39.2 Å². The Morgan fingerprint density at radius 1 is 1.44 bits per heavy atom. The molecular weight excluding hydrogens is 230 g/mol. The Labute approximate surface area is 110 Å². The minimum atomic E-state index is -0.576. The molecule has 1 saturated carbocycles. The lowest BCUT2D eigenvalue weighted by Crippen LogP contribution is -2.38. The molecule has 1 rings (SSSR count). The topological polar surface area (TPSA) is 79.9 Å². The fraction of sp³-hybridized carbons (Fsp3) is 0.923. The Morgan fingerprint density at radius 2 is 2.17 bits per heavy atom. The summed E-state index contributed by atoms with van der Waals surface area (Å²) in [6.07, 6.45) is 3.32. The highest BCUT2D eigenvalue weighted by molar-refractivity contribution is 5.77. The SMILES string of the molecule is CC(C)COCC(O)CN=C(N)NCC1CCC1. The van der Waals surface area contributed by atoms with Crippen molar-refractivity contribution in [3.63, 3.8) is 0 Å². The van der Waals surface area contributed by atoms with E-state index in [-0.39, 0.29) is 0 Å². The number of guanidine groups is 1. The molecule has 0 heterocycles. The van der Waals surface area contributed by atoms with Gasteiger partial charge in [0.15, 0.2) is 5.96 Å². The summed E-state index contributed by atoms with van der Waals surface area (Å²) in [6, 6.07) is 0. The number of aliphatic hydroxyl groups excluding tert-OH is 1. The quantitative estimate of drug-likeness (QED) is 0.442. The highest BCUT2D eigenvalue weighted by Crippen LogP contribution is 2.24. The maximum absolute atomic E-state index is 9.63. The molecule has 0 bridgehead atoms. The van der Waals surface area contributed by atoms with Crippen molar-refractivity contribution >= 4 is 5.96 Å². The van der Waals surface area contributed by atoms with E-state index in [2.05, 4.69) is 24.2 Å². The summed E-state index contributed by atoms with van der Waals surface area (Å²) in [6.45, 7) is 6.32. The van der Waals surface area contributed by atoms with Crippen LogP contribution in [0.15, 0.2) is 4.99 Å². The van der Waals surface area contributed by atoms with E-state index < -0.39 is 6.10 Å². The highest BCUT2D eigenvalue weighted by atomic mass is 16.5. The zero-order valence-electron chi connectivity index (χ0n) is 11.6. The molecular formula is C13H27N3O2. The molecule has 0 amide bonds. The highest BCUT2D eigenvalue weighted by Gasteiger charge is 2.16. The molecule has 1 unspecified atom stereocenters. The molecule has 0 spiro atoms. The van der Waals surface area contributed by atoms with Gasteiger partial charge in [-0.3, -0.25) is 4.99 Å². The Balaban J connectivity index is 2.04. The maximum Gasteiger partial charge on any atom is 0.188 e. The first-order chi connectivity index (χ1) is 8.58. The van der Waals surface area contributed by atoms with Crippen molar-refractivity contribution in [2.75, 3.05) is 26.3 Å². The second-order valence-corrected chi connectivity index (χ2v) is 5.49. The van der Waals surface area contributed by atoms with Crippen LogP contribution < -0.4 is 11.1 Å². The van der Waals surface area contributed by atoms with Gasteiger partial charge in [-0.1, -0.05) is 20.3 Å². The lowest BCUT2D eigenvalue weighted by atomic mass is 9.85. The van der Waals surface area contributed by atoms with Crippen molar-refractivity contribution in [2.24, 2.45) is 22.6 Å². The Hall–Kier alpha value is -0.810. The number of nitrogens with zero attached hydrogens (tertiary/aromatic N) is 1.